The highest BCUT2D eigenvalue weighted by atomic mass is 16.3. The van der Waals surface area contributed by atoms with Crippen LogP contribution in [0.1, 0.15) is 31.8 Å². The number of benzene rings is 3. The molecule has 3 aromatic carbocycles. The van der Waals surface area contributed by atoms with Crippen molar-refractivity contribution in [2.45, 2.75) is 0 Å². The van der Waals surface area contributed by atoms with Crippen LogP contribution in [0.2, 0.25) is 0 Å². The first-order chi connectivity index (χ1) is 11.2. The zero-order chi connectivity index (χ0) is 16.0. The average Bonchev–Trinajstić information content (AvgIpc) is 2.60. The molecule has 0 heterocycles. The molecule has 1 aliphatic carbocycles. The van der Waals surface area contributed by atoms with Crippen LogP contribution in [-0.2, 0) is 0 Å². The highest BCUT2D eigenvalue weighted by Gasteiger charge is 2.31. The zero-order valence-corrected chi connectivity index (χ0v) is 12.1. The second kappa shape index (κ2) is 4.92. The van der Waals surface area contributed by atoms with Crippen molar-refractivity contribution in [1.82, 2.24) is 0 Å². The maximum absolute atomic E-state index is 12.9. The standard InChI is InChI=1S/C20H12O3/c21-13-10-8-12(9-11-13)14-6-3-7-17-18(14)20(23)16-5-2-1-4-15(16)19(17)22/h1-11,21H. The van der Waals surface area contributed by atoms with E-state index in [2.05, 4.69) is 0 Å². The summed E-state index contributed by atoms with van der Waals surface area (Å²) >= 11 is 0. The smallest absolute Gasteiger partial charge is 0.195 e. The third kappa shape index (κ3) is 1.98. The van der Waals surface area contributed by atoms with Crippen LogP contribution in [0, 0.1) is 0 Å². The number of ketones is 2. The van der Waals surface area contributed by atoms with Crippen molar-refractivity contribution in [2.75, 3.05) is 0 Å². The van der Waals surface area contributed by atoms with Gasteiger partial charge in [0.2, 0.25) is 0 Å². The second-order valence-electron chi connectivity index (χ2n) is 5.48. The summed E-state index contributed by atoms with van der Waals surface area (Å²) in [6.45, 7) is 0. The quantitative estimate of drug-likeness (QED) is 0.581. The molecule has 0 aromatic heterocycles. The van der Waals surface area contributed by atoms with E-state index in [1.807, 2.05) is 6.07 Å². The van der Waals surface area contributed by atoms with Crippen molar-refractivity contribution in [2.24, 2.45) is 0 Å². The van der Waals surface area contributed by atoms with Gasteiger partial charge in [-0.1, -0.05) is 54.6 Å². The molecular formula is C20H12O3. The lowest BCUT2D eigenvalue weighted by atomic mass is 9.80. The van der Waals surface area contributed by atoms with E-state index in [1.54, 1.807) is 60.7 Å². The van der Waals surface area contributed by atoms with E-state index in [-0.39, 0.29) is 17.3 Å². The van der Waals surface area contributed by atoms with Gasteiger partial charge in [-0.15, -0.1) is 0 Å². The van der Waals surface area contributed by atoms with E-state index in [0.717, 1.165) is 5.56 Å². The summed E-state index contributed by atoms with van der Waals surface area (Å²) in [4.78, 5) is 25.6. The van der Waals surface area contributed by atoms with Crippen LogP contribution in [0.15, 0.2) is 66.7 Å². The number of phenols is 1. The number of carbonyl (C=O) groups is 2. The van der Waals surface area contributed by atoms with E-state index in [9.17, 15) is 14.7 Å². The fourth-order valence-corrected chi connectivity index (χ4v) is 3.03. The van der Waals surface area contributed by atoms with Gasteiger partial charge >= 0.3 is 0 Å². The lowest BCUT2D eigenvalue weighted by Crippen LogP contribution is -2.21. The first kappa shape index (κ1) is 13.5. The molecule has 0 amide bonds. The van der Waals surface area contributed by atoms with E-state index < -0.39 is 0 Å². The normalized spacial score (nSPS) is 12.7. The first-order valence-electron chi connectivity index (χ1n) is 7.27. The molecule has 3 aromatic rings. The van der Waals surface area contributed by atoms with Gasteiger partial charge in [-0.25, -0.2) is 0 Å². The van der Waals surface area contributed by atoms with Gasteiger partial charge in [0.05, 0.1) is 0 Å². The van der Waals surface area contributed by atoms with Crippen LogP contribution in [0.4, 0.5) is 0 Å². The van der Waals surface area contributed by atoms with Crippen LogP contribution in [0.25, 0.3) is 11.1 Å². The molecule has 0 unspecified atom stereocenters. The van der Waals surface area contributed by atoms with Gasteiger partial charge in [0.1, 0.15) is 5.75 Å². The molecule has 0 saturated carbocycles. The van der Waals surface area contributed by atoms with Crippen LogP contribution < -0.4 is 0 Å². The van der Waals surface area contributed by atoms with E-state index >= 15 is 0 Å². The number of phenolic OH excluding ortho intramolecular Hbond substituents is 1. The van der Waals surface area contributed by atoms with Crippen LogP contribution in [0.3, 0.4) is 0 Å². The summed E-state index contributed by atoms with van der Waals surface area (Å²) in [6.07, 6.45) is 0. The van der Waals surface area contributed by atoms with E-state index in [4.69, 9.17) is 0 Å². The Labute approximate surface area is 132 Å². The molecule has 0 bridgehead atoms. The molecule has 0 fully saturated rings. The van der Waals surface area contributed by atoms with Crippen molar-refractivity contribution in [1.29, 1.82) is 0 Å². The molecule has 0 aliphatic heterocycles. The maximum atomic E-state index is 12.9. The first-order valence-corrected chi connectivity index (χ1v) is 7.27. The SMILES string of the molecule is O=C1c2ccccc2C(=O)c2c1cccc2-c1ccc(O)cc1. The van der Waals surface area contributed by atoms with Gasteiger partial charge in [0.15, 0.2) is 11.6 Å². The minimum atomic E-state index is -0.140. The van der Waals surface area contributed by atoms with Gasteiger partial charge in [0, 0.05) is 22.3 Å². The molecule has 4 rings (SSSR count). The summed E-state index contributed by atoms with van der Waals surface area (Å²) in [5.74, 6) is -0.110. The summed E-state index contributed by atoms with van der Waals surface area (Å²) < 4.78 is 0. The van der Waals surface area contributed by atoms with Gasteiger partial charge in [-0.2, -0.15) is 0 Å². The zero-order valence-electron chi connectivity index (χ0n) is 12.1. The fourth-order valence-electron chi connectivity index (χ4n) is 3.03. The Hall–Kier alpha value is -3.20. The lowest BCUT2D eigenvalue weighted by Gasteiger charge is -2.20. The average molecular weight is 300 g/mol. The Balaban J connectivity index is 1.99. The predicted octanol–water partition coefficient (Wildman–Crippen LogP) is 3.83. The van der Waals surface area contributed by atoms with Crippen molar-refractivity contribution in [3.05, 3.63) is 89.0 Å². The molecular weight excluding hydrogens is 288 g/mol. The number of fused-ring (bicyclic) bond motifs is 2. The van der Waals surface area contributed by atoms with Crippen molar-refractivity contribution >= 4 is 11.6 Å². The molecule has 0 radical (unpaired) electrons. The molecule has 23 heavy (non-hydrogen) atoms. The van der Waals surface area contributed by atoms with E-state index in [1.165, 1.54) is 0 Å². The molecule has 0 saturated heterocycles. The Bertz CT molecular complexity index is 953. The summed E-state index contributed by atoms with van der Waals surface area (Å²) in [7, 11) is 0. The Morgan fingerprint density at radius 3 is 1.83 bits per heavy atom. The number of carbonyl (C=O) groups excluding carboxylic acids is 2. The molecule has 0 spiro atoms. The van der Waals surface area contributed by atoms with Crippen LogP contribution in [0.5, 0.6) is 5.75 Å². The number of rotatable bonds is 1. The highest BCUT2D eigenvalue weighted by molar-refractivity contribution is 6.30. The summed E-state index contributed by atoms with van der Waals surface area (Å²) in [5.41, 5.74) is 3.25. The van der Waals surface area contributed by atoms with E-state index in [0.29, 0.717) is 27.8 Å². The Morgan fingerprint density at radius 2 is 1.13 bits per heavy atom. The third-order valence-electron chi connectivity index (χ3n) is 4.13. The lowest BCUT2D eigenvalue weighted by molar-refractivity contribution is 0.0979. The monoisotopic (exact) mass is 300 g/mol. The highest BCUT2D eigenvalue weighted by Crippen LogP contribution is 2.34. The van der Waals surface area contributed by atoms with Gasteiger partial charge < -0.3 is 5.11 Å². The third-order valence-corrected chi connectivity index (χ3v) is 4.13. The molecule has 1 aliphatic rings. The Morgan fingerprint density at radius 1 is 0.565 bits per heavy atom. The topological polar surface area (TPSA) is 54.4 Å². The molecule has 1 N–H and O–H groups in total. The van der Waals surface area contributed by atoms with Gasteiger partial charge in [-0.05, 0) is 23.3 Å². The fraction of sp³-hybridized carbons (Fsp3) is 0. The summed E-state index contributed by atoms with van der Waals surface area (Å²) in [5, 5.41) is 9.45. The van der Waals surface area contributed by atoms with Crippen molar-refractivity contribution < 1.29 is 14.7 Å². The number of hydrogen-bond acceptors (Lipinski definition) is 3. The largest absolute Gasteiger partial charge is 0.508 e. The van der Waals surface area contributed by atoms with Gasteiger partial charge in [-0.3, -0.25) is 9.59 Å². The van der Waals surface area contributed by atoms with Crippen molar-refractivity contribution in [3.8, 4) is 16.9 Å². The van der Waals surface area contributed by atoms with Crippen molar-refractivity contribution in [3.63, 3.8) is 0 Å². The maximum Gasteiger partial charge on any atom is 0.195 e. The Kier molecular flexibility index (Phi) is 2.88. The van der Waals surface area contributed by atoms with Crippen LogP contribution >= 0.6 is 0 Å². The summed E-state index contributed by atoms with van der Waals surface area (Å²) in [6, 6.07) is 18.8. The van der Waals surface area contributed by atoms with Crippen LogP contribution in [-0.4, -0.2) is 16.7 Å². The minimum absolute atomic E-state index is 0.129. The minimum Gasteiger partial charge on any atom is -0.508 e. The number of aromatic hydroxyl groups is 1. The number of hydrogen-bond donors (Lipinski definition) is 1. The van der Waals surface area contributed by atoms with Gasteiger partial charge in [0.25, 0.3) is 0 Å². The molecule has 3 heteroatoms. The molecule has 110 valence electrons. The predicted molar refractivity (Wildman–Crippen MR) is 86.8 cm³/mol. The second-order valence-corrected chi connectivity index (χ2v) is 5.48. The molecule has 3 nitrogen and oxygen atoms in total. The molecule has 0 atom stereocenters.